The van der Waals surface area contributed by atoms with Gasteiger partial charge in [0.05, 0.1) is 28.4 Å². The smallest absolute Gasteiger partial charge is 0.261 e. The number of carbonyl (C=O) groups excluding carboxylic acids is 1. The van der Waals surface area contributed by atoms with Crippen molar-refractivity contribution in [1.82, 2.24) is 9.88 Å². The van der Waals surface area contributed by atoms with Crippen LogP contribution in [0.3, 0.4) is 0 Å². The number of morpholine rings is 1. The van der Waals surface area contributed by atoms with Crippen LogP contribution in [0.15, 0.2) is 52.3 Å². The van der Waals surface area contributed by atoms with E-state index in [1.165, 1.54) is 17.6 Å². The molecule has 7 nitrogen and oxygen atoms in total. The van der Waals surface area contributed by atoms with E-state index in [2.05, 4.69) is 16.8 Å². The van der Waals surface area contributed by atoms with E-state index in [1.54, 1.807) is 28.8 Å². The lowest BCUT2D eigenvalue weighted by Gasteiger charge is -2.29. The molecule has 0 atom stereocenters. The fraction of sp³-hybridized carbons (Fsp3) is 0.391. The van der Waals surface area contributed by atoms with E-state index in [0.717, 1.165) is 28.4 Å². The Labute approximate surface area is 214 Å². The van der Waals surface area contributed by atoms with Gasteiger partial charge in [-0.05, 0) is 30.0 Å². The number of para-hydroxylation sites is 1. The Kier molecular flexibility index (Phi) is 9.36. The molecular weight excluding hydrogens is 514 g/mol. The van der Waals surface area contributed by atoms with Crippen LogP contribution >= 0.6 is 35.5 Å². The van der Waals surface area contributed by atoms with Crippen LogP contribution < -0.4 is 4.90 Å². The highest BCUT2D eigenvalue weighted by molar-refractivity contribution is 7.99. The Morgan fingerprint density at radius 1 is 1.18 bits per heavy atom. The first-order valence-electron chi connectivity index (χ1n) is 10.8. The topological polar surface area (TPSA) is 79.8 Å². The zero-order chi connectivity index (χ0) is 23.4. The number of thiazole rings is 1. The molecule has 3 aromatic rings. The minimum absolute atomic E-state index is 0. The quantitative estimate of drug-likeness (QED) is 0.395. The summed E-state index contributed by atoms with van der Waals surface area (Å²) in [4.78, 5) is 23.5. The van der Waals surface area contributed by atoms with Gasteiger partial charge in [-0.2, -0.15) is 0 Å². The van der Waals surface area contributed by atoms with Crippen molar-refractivity contribution >= 4 is 66.6 Å². The molecule has 184 valence electrons. The number of hydrogen-bond acceptors (Lipinski definition) is 8. The van der Waals surface area contributed by atoms with E-state index in [-0.39, 0.29) is 23.2 Å². The van der Waals surface area contributed by atoms with Crippen LogP contribution in [-0.4, -0.2) is 75.6 Å². The van der Waals surface area contributed by atoms with Gasteiger partial charge in [0.2, 0.25) is 0 Å². The van der Waals surface area contributed by atoms with Crippen molar-refractivity contribution < 1.29 is 17.9 Å². The zero-order valence-corrected chi connectivity index (χ0v) is 22.4. The molecular formula is C23H28ClN3O4S3. The van der Waals surface area contributed by atoms with Crippen LogP contribution in [0.4, 0.5) is 5.13 Å². The predicted molar refractivity (Wildman–Crippen MR) is 142 cm³/mol. The molecule has 1 aliphatic heterocycles. The fourth-order valence-electron chi connectivity index (χ4n) is 3.75. The van der Waals surface area contributed by atoms with Gasteiger partial charge < -0.3 is 4.74 Å². The van der Waals surface area contributed by atoms with Crippen molar-refractivity contribution in [3.05, 3.63) is 48.0 Å². The van der Waals surface area contributed by atoms with Gasteiger partial charge in [0, 0.05) is 37.3 Å². The number of anilines is 1. The monoisotopic (exact) mass is 541 g/mol. The summed E-state index contributed by atoms with van der Waals surface area (Å²) in [6.45, 7) is 6.21. The number of sulfone groups is 1. The molecule has 1 aromatic heterocycles. The highest BCUT2D eigenvalue weighted by Crippen LogP contribution is 2.34. The number of fused-ring (bicyclic) bond motifs is 1. The van der Waals surface area contributed by atoms with Crippen molar-refractivity contribution in [2.45, 2.75) is 16.7 Å². The van der Waals surface area contributed by atoms with Crippen LogP contribution in [0.1, 0.15) is 17.3 Å². The highest BCUT2D eigenvalue weighted by atomic mass is 35.5. The minimum Gasteiger partial charge on any atom is -0.379 e. The van der Waals surface area contributed by atoms with Crippen molar-refractivity contribution in [2.24, 2.45) is 0 Å². The van der Waals surface area contributed by atoms with Crippen LogP contribution in [0.5, 0.6) is 0 Å². The average molecular weight is 542 g/mol. The number of benzene rings is 2. The Hall–Kier alpha value is -1.69. The van der Waals surface area contributed by atoms with E-state index in [4.69, 9.17) is 4.74 Å². The van der Waals surface area contributed by atoms with Gasteiger partial charge in [-0.15, -0.1) is 24.2 Å². The molecule has 0 spiro atoms. The van der Waals surface area contributed by atoms with E-state index >= 15 is 0 Å². The Balaban J connectivity index is 0.00000324. The normalized spacial score (nSPS) is 14.6. The summed E-state index contributed by atoms with van der Waals surface area (Å²) in [6, 6.07) is 12.7. The first-order chi connectivity index (χ1) is 15.9. The SMILES string of the molecule is CCSc1ccccc1C(=O)N(CCN1CCOCC1)c1nc2c(S(C)(=O)=O)cccc2s1.Cl. The number of nitrogens with zero attached hydrogens (tertiary/aromatic N) is 3. The molecule has 1 aliphatic rings. The lowest BCUT2D eigenvalue weighted by molar-refractivity contribution is 0.0391. The maximum absolute atomic E-state index is 13.8. The molecule has 1 amide bonds. The molecule has 0 N–H and O–H groups in total. The van der Waals surface area contributed by atoms with Gasteiger partial charge in [0.1, 0.15) is 5.52 Å². The molecule has 2 heterocycles. The number of amides is 1. The maximum atomic E-state index is 13.8. The van der Waals surface area contributed by atoms with Crippen molar-refractivity contribution in [3.8, 4) is 0 Å². The summed E-state index contributed by atoms with van der Waals surface area (Å²) in [5, 5.41) is 0.510. The predicted octanol–water partition coefficient (Wildman–Crippen LogP) is 4.21. The molecule has 0 unspecified atom stereocenters. The molecule has 0 radical (unpaired) electrons. The van der Waals surface area contributed by atoms with E-state index in [0.29, 0.717) is 42.5 Å². The average Bonchev–Trinajstić information content (AvgIpc) is 3.23. The second kappa shape index (κ2) is 11.8. The molecule has 1 saturated heterocycles. The second-order valence-electron chi connectivity index (χ2n) is 7.71. The van der Waals surface area contributed by atoms with E-state index in [9.17, 15) is 13.2 Å². The fourth-order valence-corrected chi connectivity index (χ4v) is 6.46. The highest BCUT2D eigenvalue weighted by Gasteiger charge is 2.26. The van der Waals surface area contributed by atoms with Crippen LogP contribution in [-0.2, 0) is 14.6 Å². The lowest BCUT2D eigenvalue weighted by atomic mass is 10.2. The molecule has 0 bridgehead atoms. The number of halogens is 1. The molecule has 0 saturated carbocycles. The molecule has 1 fully saturated rings. The summed E-state index contributed by atoms with van der Waals surface area (Å²) < 4.78 is 30.8. The Bertz CT molecular complexity index is 1240. The third kappa shape index (κ3) is 6.10. The number of carbonyl (C=O) groups is 1. The number of rotatable bonds is 8. The lowest BCUT2D eigenvalue weighted by Crippen LogP contribution is -2.43. The van der Waals surface area contributed by atoms with E-state index < -0.39 is 9.84 Å². The zero-order valence-electron chi connectivity index (χ0n) is 19.1. The molecule has 11 heteroatoms. The van der Waals surface area contributed by atoms with Crippen LogP contribution in [0.2, 0.25) is 0 Å². The minimum atomic E-state index is -3.44. The van der Waals surface area contributed by atoms with Gasteiger partial charge in [0.25, 0.3) is 5.91 Å². The first kappa shape index (κ1) is 26.9. The van der Waals surface area contributed by atoms with Crippen molar-refractivity contribution in [2.75, 3.05) is 56.3 Å². The number of aromatic nitrogens is 1. The number of thioether (sulfide) groups is 1. The van der Waals surface area contributed by atoms with Gasteiger partial charge in [-0.3, -0.25) is 14.6 Å². The summed E-state index contributed by atoms with van der Waals surface area (Å²) in [6.07, 6.45) is 1.18. The Morgan fingerprint density at radius 2 is 1.91 bits per heavy atom. The standard InChI is InChI=1S/C23H27N3O4S3.ClH/c1-3-31-18-8-5-4-7-17(18)22(27)26(12-11-25-13-15-30-16-14-25)23-24-21-19(32-23)9-6-10-20(21)33(2,28)29;/h4-10H,3,11-16H2,1-2H3;1H. The van der Waals surface area contributed by atoms with Gasteiger partial charge in [0.15, 0.2) is 15.0 Å². The number of hydrogen-bond donors (Lipinski definition) is 0. The summed E-state index contributed by atoms with van der Waals surface area (Å²) in [7, 11) is -3.44. The maximum Gasteiger partial charge on any atom is 0.261 e. The summed E-state index contributed by atoms with van der Waals surface area (Å²) >= 11 is 2.97. The Morgan fingerprint density at radius 3 is 2.62 bits per heavy atom. The summed E-state index contributed by atoms with van der Waals surface area (Å²) in [5.41, 5.74) is 1.05. The third-order valence-electron chi connectivity index (χ3n) is 5.41. The second-order valence-corrected chi connectivity index (χ2v) is 12.0. The molecule has 34 heavy (non-hydrogen) atoms. The van der Waals surface area contributed by atoms with E-state index in [1.807, 2.05) is 30.3 Å². The first-order valence-corrected chi connectivity index (χ1v) is 14.5. The number of ether oxygens (including phenoxy) is 1. The molecule has 2 aromatic carbocycles. The van der Waals surface area contributed by atoms with Crippen molar-refractivity contribution in [3.63, 3.8) is 0 Å². The third-order valence-corrected chi connectivity index (χ3v) is 8.53. The largest absolute Gasteiger partial charge is 0.379 e. The van der Waals surface area contributed by atoms with Gasteiger partial charge >= 0.3 is 0 Å². The molecule has 4 rings (SSSR count). The van der Waals surface area contributed by atoms with Crippen LogP contribution in [0.25, 0.3) is 10.2 Å². The molecule has 0 aliphatic carbocycles. The summed E-state index contributed by atoms with van der Waals surface area (Å²) in [5.74, 6) is 0.733. The van der Waals surface area contributed by atoms with Crippen LogP contribution in [0, 0.1) is 0 Å². The van der Waals surface area contributed by atoms with Crippen molar-refractivity contribution in [1.29, 1.82) is 0 Å². The van der Waals surface area contributed by atoms with Gasteiger partial charge in [-0.1, -0.05) is 36.5 Å². The van der Waals surface area contributed by atoms with Gasteiger partial charge in [-0.25, -0.2) is 13.4 Å².